The molecule has 0 spiro atoms. The minimum atomic E-state index is -0.452. The average Bonchev–Trinajstić information content (AvgIpc) is 3.21. The zero-order valence-electron chi connectivity index (χ0n) is 11.2. The second-order valence-corrected chi connectivity index (χ2v) is 4.78. The van der Waals surface area contributed by atoms with Gasteiger partial charge in [0.15, 0.2) is 5.78 Å². The topological polar surface area (TPSA) is 87.3 Å². The van der Waals surface area contributed by atoms with Crippen molar-refractivity contribution in [2.45, 2.75) is 25.8 Å². The molecule has 0 radical (unpaired) electrons. The summed E-state index contributed by atoms with van der Waals surface area (Å²) in [7, 11) is 0. The van der Waals surface area contributed by atoms with E-state index in [1.54, 1.807) is 24.3 Å². The normalized spacial score (nSPS) is 13.4. The van der Waals surface area contributed by atoms with Crippen LogP contribution in [-0.4, -0.2) is 30.3 Å². The quantitative estimate of drug-likeness (QED) is 0.708. The second-order valence-electron chi connectivity index (χ2n) is 4.78. The van der Waals surface area contributed by atoms with Crippen LogP contribution >= 0.6 is 0 Å². The Balaban J connectivity index is 1.75. The molecule has 0 saturated heterocycles. The molecule has 0 heterocycles. The number of rotatable bonds is 5. The van der Waals surface area contributed by atoms with Crippen molar-refractivity contribution in [3.63, 3.8) is 0 Å². The first-order valence-electron chi connectivity index (χ1n) is 6.50. The highest BCUT2D eigenvalue weighted by molar-refractivity contribution is 5.95. The number of carbonyl (C=O) groups is 3. The molecule has 1 saturated carbocycles. The first-order valence-corrected chi connectivity index (χ1v) is 6.50. The van der Waals surface area contributed by atoms with Crippen molar-refractivity contribution < 1.29 is 14.4 Å². The van der Waals surface area contributed by atoms with Crippen LogP contribution in [0.4, 0.5) is 10.5 Å². The molecule has 0 bridgehead atoms. The van der Waals surface area contributed by atoms with Crippen molar-refractivity contribution in [2.24, 2.45) is 0 Å². The molecule has 1 aromatic carbocycles. The number of ketones is 1. The van der Waals surface area contributed by atoms with E-state index in [1.165, 1.54) is 6.92 Å². The van der Waals surface area contributed by atoms with Gasteiger partial charge in [-0.15, -0.1) is 0 Å². The Bertz CT molecular complexity index is 521. The van der Waals surface area contributed by atoms with Crippen molar-refractivity contribution >= 4 is 23.4 Å². The van der Waals surface area contributed by atoms with Crippen LogP contribution in [0.25, 0.3) is 0 Å². The summed E-state index contributed by atoms with van der Waals surface area (Å²) in [4.78, 5) is 34.1. The highest BCUT2D eigenvalue weighted by Gasteiger charge is 2.23. The molecule has 0 aromatic heterocycles. The third-order valence-electron chi connectivity index (χ3n) is 2.90. The molecule has 1 fully saturated rings. The number of urea groups is 1. The molecule has 1 aliphatic carbocycles. The van der Waals surface area contributed by atoms with Gasteiger partial charge in [-0.3, -0.25) is 9.59 Å². The molecular weight excluding hydrogens is 258 g/mol. The van der Waals surface area contributed by atoms with Crippen LogP contribution in [0, 0.1) is 0 Å². The first-order chi connectivity index (χ1) is 9.54. The molecule has 0 unspecified atom stereocenters. The SMILES string of the molecule is CC(=O)c1ccc(NC(=O)NCC(=O)NC2CC2)cc1. The monoisotopic (exact) mass is 275 g/mol. The fraction of sp³-hybridized carbons (Fsp3) is 0.357. The van der Waals surface area contributed by atoms with Crippen LogP contribution in [0.15, 0.2) is 24.3 Å². The van der Waals surface area contributed by atoms with Gasteiger partial charge in [0.2, 0.25) is 5.91 Å². The second kappa shape index (κ2) is 6.18. The van der Waals surface area contributed by atoms with Gasteiger partial charge in [0, 0.05) is 17.3 Å². The molecule has 6 nitrogen and oxygen atoms in total. The fourth-order valence-electron chi connectivity index (χ4n) is 1.63. The largest absolute Gasteiger partial charge is 0.352 e. The molecule has 106 valence electrons. The number of anilines is 1. The van der Waals surface area contributed by atoms with Gasteiger partial charge in [0.1, 0.15) is 0 Å². The van der Waals surface area contributed by atoms with Crippen LogP contribution in [0.5, 0.6) is 0 Å². The maximum absolute atomic E-state index is 11.6. The van der Waals surface area contributed by atoms with E-state index in [1.807, 2.05) is 0 Å². The number of hydrogen-bond acceptors (Lipinski definition) is 3. The van der Waals surface area contributed by atoms with Crippen molar-refractivity contribution in [2.75, 3.05) is 11.9 Å². The highest BCUT2D eigenvalue weighted by Crippen LogP contribution is 2.18. The van der Waals surface area contributed by atoms with E-state index < -0.39 is 6.03 Å². The van der Waals surface area contributed by atoms with Gasteiger partial charge in [-0.25, -0.2) is 4.79 Å². The summed E-state index contributed by atoms with van der Waals surface area (Å²) in [6.45, 7) is 1.43. The summed E-state index contributed by atoms with van der Waals surface area (Å²) < 4.78 is 0. The lowest BCUT2D eigenvalue weighted by Crippen LogP contribution is -2.39. The van der Waals surface area contributed by atoms with E-state index in [-0.39, 0.29) is 24.3 Å². The van der Waals surface area contributed by atoms with Crippen LogP contribution in [0.2, 0.25) is 0 Å². The lowest BCUT2D eigenvalue weighted by molar-refractivity contribution is -0.120. The fourth-order valence-corrected chi connectivity index (χ4v) is 1.63. The molecule has 0 aliphatic heterocycles. The van der Waals surface area contributed by atoms with Crippen molar-refractivity contribution in [1.29, 1.82) is 0 Å². The van der Waals surface area contributed by atoms with Gasteiger partial charge >= 0.3 is 6.03 Å². The molecule has 1 aliphatic rings. The van der Waals surface area contributed by atoms with Gasteiger partial charge < -0.3 is 16.0 Å². The van der Waals surface area contributed by atoms with E-state index in [0.717, 1.165) is 12.8 Å². The summed E-state index contributed by atoms with van der Waals surface area (Å²) in [6, 6.07) is 6.38. The van der Waals surface area contributed by atoms with Gasteiger partial charge in [-0.05, 0) is 44.0 Å². The Morgan fingerprint density at radius 2 is 1.80 bits per heavy atom. The van der Waals surface area contributed by atoms with Crippen LogP contribution in [-0.2, 0) is 4.79 Å². The Hall–Kier alpha value is -2.37. The zero-order valence-corrected chi connectivity index (χ0v) is 11.2. The average molecular weight is 275 g/mol. The molecule has 3 N–H and O–H groups in total. The van der Waals surface area contributed by atoms with Gasteiger partial charge in [0.25, 0.3) is 0 Å². The highest BCUT2D eigenvalue weighted by atomic mass is 16.2. The predicted molar refractivity (Wildman–Crippen MR) is 74.6 cm³/mol. The summed E-state index contributed by atoms with van der Waals surface area (Å²) in [5.74, 6) is -0.215. The molecule has 1 aromatic rings. The maximum atomic E-state index is 11.6. The Morgan fingerprint density at radius 3 is 2.35 bits per heavy atom. The van der Waals surface area contributed by atoms with Gasteiger partial charge in [-0.2, -0.15) is 0 Å². The molecular formula is C14H17N3O3. The molecule has 20 heavy (non-hydrogen) atoms. The minimum absolute atomic E-state index is 0.0299. The molecule has 6 heteroatoms. The van der Waals surface area contributed by atoms with E-state index >= 15 is 0 Å². The predicted octanol–water partition coefficient (Wildman–Crippen LogP) is 1.29. The number of carbonyl (C=O) groups excluding carboxylic acids is 3. The number of benzene rings is 1. The van der Waals surface area contributed by atoms with Crippen LogP contribution in [0.1, 0.15) is 30.1 Å². The van der Waals surface area contributed by atoms with Gasteiger partial charge in [0.05, 0.1) is 6.54 Å². The summed E-state index contributed by atoms with van der Waals surface area (Å²) in [5, 5.41) is 7.84. The van der Waals surface area contributed by atoms with Crippen LogP contribution in [0.3, 0.4) is 0 Å². The summed E-state index contributed by atoms with van der Waals surface area (Å²) in [5.41, 5.74) is 1.15. The summed E-state index contributed by atoms with van der Waals surface area (Å²) >= 11 is 0. The third kappa shape index (κ3) is 4.38. The van der Waals surface area contributed by atoms with Crippen molar-refractivity contribution in [1.82, 2.24) is 10.6 Å². The Kier molecular flexibility index (Phi) is 4.34. The minimum Gasteiger partial charge on any atom is -0.352 e. The maximum Gasteiger partial charge on any atom is 0.319 e. The number of hydrogen-bond donors (Lipinski definition) is 3. The lowest BCUT2D eigenvalue weighted by atomic mass is 10.1. The van der Waals surface area contributed by atoms with Crippen LogP contribution < -0.4 is 16.0 Å². The Labute approximate surface area is 116 Å². The lowest BCUT2D eigenvalue weighted by Gasteiger charge is -2.08. The number of amides is 3. The number of nitrogens with one attached hydrogen (secondary N) is 3. The first kappa shape index (κ1) is 14.0. The smallest absolute Gasteiger partial charge is 0.319 e. The molecule has 0 atom stereocenters. The molecule has 2 rings (SSSR count). The van der Waals surface area contributed by atoms with E-state index in [2.05, 4.69) is 16.0 Å². The summed E-state index contributed by atoms with van der Waals surface area (Å²) in [6.07, 6.45) is 2.03. The standard InChI is InChI=1S/C14H17N3O3/c1-9(18)10-2-4-12(5-3-10)17-14(20)15-8-13(19)16-11-6-7-11/h2-5,11H,6-8H2,1H3,(H,16,19)(H2,15,17,20). The zero-order chi connectivity index (χ0) is 14.5. The van der Waals surface area contributed by atoms with E-state index in [9.17, 15) is 14.4 Å². The third-order valence-corrected chi connectivity index (χ3v) is 2.90. The van der Waals surface area contributed by atoms with Crippen molar-refractivity contribution in [3.8, 4) is 0 Å². The van der Waals surface area contributed by atoms with Crippen molar-refractivity contribution in [3.05, 3.63) is 29.8 Å². The van der Waals surface area contributed by atoms with E-state index in [4.69, 9.17) is 0 Å². The van der Waals surface area contributed by atoms with Gasteiger partial charge in [-0.1, -0.05) is 0 Å². The molecule has 3 amide bonds. The van der Waals surface area contributed by atoms with E-state index in [0.29, 0.717) is 11.3 Å². The Morgan fingerprint density at radius 1 is 1.15 bits per heavy atom. The number of Topliss-reactive ketones (excluding diaryl/α,β-unsaturated/α-hetero) is 1.